The van der Waals surface area contributed by atoms with Gasteiger partial charge in [0.1, 0.15) is 6.61 Å². The third-order valence-corrected chi connectivity index (χ3v) is 3.42. The van der Waals surface area contributed by atoms with E-state index in [4.69, 9.17) is 4.74 Å². The van der Waals surface area contributed by atoms with Crippen LogP contribution in [0.15, 0.2) is 30.3 Å². The molecular weight excluding hydrogens is 240 g/mol. The molecule has 1 aliphatic heterocycles. The van der Waals surface area contributed by atoms with Gasteiger partial charge in [0.15, 0.2) is 0 Å². The van der Waals surface area contributed by atoms with Crippen molar-refractivity contribution in [2.75, 3.05) is 20.1 Å². The summed E-state index contributed by atoms with van der Waals surface area (Å²) in [6, 6.07) is 10.2. The minimum absolute atomic E-state index is 0.253. The lowest BCUT2D eigenvalue weighted by Gasteiger charge is -2.27. The Balaban J connectivity index is 1.72. The van der Waals surface area contributed by atoms with Crippen molar-refractivity contribution in [1.82, 2.24) is 10.2 Å². The van der Waals surface area contributed by atoms with E-state index in [0.717, 1.165) is 18.5 Å². The Hall–Kier alpha value is -1.55. The molecule has 1 atom stereocenters. The van der Waals surface area contributed by atoms with E-state index in [-0.39, 0.29) is 6.09 Å². The van der Waals surface area contributed by atoms with Crippen LogP contribution in [0.4, 0.5) is 4.79 Å². The van der Waals surface area contributed by atoms with Crippen molar-refractivity contribution >= 4 is 6.09 Å². The molecule has 0 spiro atoms. The van der Waals surface area contributed by atoms with Crippen LogP contribution in [0.1, 0.15) is 24.8 Å². The highest BCUT2D eigenvalue weighted by Crippen LogP contribution is 2.09. The molecule has 1 fully saturated rings. The molecule has 1 heterocycles. The van der Waals surface area contributed by atoms with E-state index in [2.05, 4.69) is 5.32 Å². The molecular formula is C15H22N2O2. The van der Waals surface area contributed by atoms with Crippen molar-refractivity contribution < 1.29 is 9.53 Å². The Kier molecular flexibility index (Phi) is 5.21. The maximum Gasteiger partial charge on any atom is 0.409 e. The van der Waals surface area contributed by atoms with Crippen molar-refractivity contribution in [3.8, 4) is 0 Å². The van der Waals surface area contributed by atoms with Gasteiger partial charge in [-0.1, -0.05) is 36.8 Å². The molecule has 0 aromatic heterocycles. The summed E-state index contributed by atoms with van der Waals surface area (Å²) in [6.45, 7) is 2.10. The molecule has 0 unspecified atom stereocenters. The summed E-state index contributed by atoms with van der Waals surface area (Å²) in [7, 11) is 1.80. The van der Waals surface area contributed by atoms with Gasteiger partial charge < -0.3 is 15.0 Å². The molecule has 1 amide bonds. The fraction of sp³-hybridized carbons (Fsp3) is 0.533. The smallest absolute Gasteiger partial charge is 0.409 e. The maximum absolute atomic E-state index is 11.9. The topological polar surface area (TPSA) is 41.6 Å². The van der Waals surface area contributed by atoms with E-state index >= 15 is 0 Å². The highest BCUT2D eigenvalue weighted by molar-refractivity contribution is 5.67. The molecule has 2 rings (SSSR count). The number of hydrogen-bond acceptors (Lipinski definition) is 3. The number of piperidine rings is 1. The zero-order chi connectivity index (χ0) is 13.5. The van der Waals surface area contributed by atoms with Crippen LogP contribution >= 0.6 is 0 Å². The summed E-state index contributed by atoms with van der Waals surface area (Å²) in [5.41, 5.74) is 1.01. The van der Waals surface area contributed by atoms with Crippen LogP contribution in [0.5, 0.6) is 0 Å². The summed E-state index contributed by atoms with van der Waals surface area (Å²) < 4.78 is 5.29. The number of benzene rings is 1. The Morgan fingerprint density at radius 2 is 2.16 bits per heavy atom. The minimum Gasteiger partial charge on any atom is -0.445 e. The van der Waals surface area contributed by atoms with E-state index < -0.39 is 0 Å². The van der Waals surface area contributed by atoms with Crippen LogP contribution < -0.4 is 5.32 Å². The molecule has 1 saturated heterocycles. The van der Waals surface area contributed by atoms with Crippen molar-refractivity contribution in [1.29, 1.82) is 0 Å². The van der Waals surface area contributed by atoms with Gasteiger partial charge in [0.05, 0.1) is 0 Å². The number of carbonyl (C=O) groups is 1. The van der Waals surface area contributed by atoms with Crippen LogP contribution in [-0.4, -0.2) is 37.2 Å². The van der Waals surface area contributed by atoms with Gasteiger partial charge in [-0.25, -0.2) is 4.79 Å². The highest BCUT2D eigenvalue weighted by Gasteiger charge is 2.18. The van der Waals surface area contributed by atoms with Gasteiger partial charge in [-0.2, -0.15) is 0 Å². The number of nitrogens with one attached hydrogen (secondary N) is 1. The zero-order valence-electron chi connectivity index (χ0n) is 11.5. The number of carbonyl (C=O) groups excluding carboxylic acids is 1. The number of rotatable bonds is 4. The van der Waals surface area contributed by atoms with Crippen LogP contribution in [0.25, 0.3) is 0 Å². The summed E-state index contributed by atoms with van der Waals surface area (Å²) in [6.07, 6.45) is 3.36. The predicted molar refractivity (Wildman–Crippen MR) is 74.9 cm³/mol. The first-order chi connectivity index (χ1) is 9.25. The SMILES string of the molecule is CN(C[C@@H]1CCCCN1)C(=O)OCc1ccccc1. The number of amides is 1. The normalized spacial score (nSPS) is 18.9. The van der Waals surface area contributed by atoms with Gasteiger partial charge >= 0.3 is 6.09 Å². The lowest BCUT2D eigenvalue weighted by atomic mass is 10.1. The molecule has 104 valence electrons. The Labute approximate surface area is 114 Å². The number of likely N-dealkylation sites (N-methyl/N-ethyl adjacent to an activating group) is 1. The second kappa shape index (κ2) is 7.14. The largest absolute Gasteiger partial charge is 0.445 e. The second-order valence-electron chi connectivity index (χ2n) is 5.07. The zero-order valence-corrected chi connectivity index (χ0v) is 11.5. The molecule has 1 N–H and O–H groups in total. The molecule has 4 nitrogen and oxygen atoms in total. The summed E-state index contributed by atoms with van der Waals surface area (Å²) >= 11 is 0. The number of nitrogens with zero attached hydrogens (tertiary/aromatic N) is 1. The molecule has 1 aliphatic rings. The van der Waals surface area contributed by atoms with E-state index in [0.29, 0.717) is 19.2 Å². The third kappa shape index (κ3) is 4.56. The van der Waals surface area contributed by atoms with Crippen molar-refractivity contribution in [3.63, 3.8) is 0 Å². The van der Waals surface area contributed by atoms with E-state index in [1.54, 1.807) is 11.9 Å². The average molecular weight is 262 g/mol. The van der Waals surface area contributed by atoms with Gasteiger partial charge in [-0.15, -0.1) is 0 Å². The van der Waals surface area contributed by atoms with Gasteiger partial charge in [-0.05, 0) is 24.9 Å². The summed E-state index contributed by atoms with van der Waals surface area (Å²) in [4.78, 5) is 13.5. The lowest BCUT2D eigenvalue weighted by Crippen LogP contribution is -2.44. The van der Waals surface area contributed by atoms with Crippen LogP contribution in [0.3, 0.4) is 0 Å². The highest BCUT2D eigenvalue weighted by atomic mass is 16.6. The molecule has 0 radical (unpaired) electrons. The maximum atomic E-state index is 11.9. The third-order valence-electron chi connectivity index (χ3n) is 3.42. The van der Waals surface area contributed by atoms with Crippen molar-refractivity contribution in [2.24, 2.45) is 0 Å². The monoisotopic (exact) mass is 262 g/mol. The van der Waals surface area contributed by atoms with E-state index in [1.807, 2.05) is 30.3 Å². The molecule has 0 aliphatic carbocycles. The summed E-state index contributed by atoms with van der Waals surface area (Å²) in [5.74, 6) is 0. The molecule has 1 aromatic carbocycles. The fourth-order valence-electron chi connectivity index (χ4n) is 2.31. The quantitative estimate of drug-likeness (QED) is 0.906. The van der Waals surface area contributed by atoms with Gasteiger partial charge in [0, 0.05) is 19.6 Å². The van der Waals surface area contributed by atoms with Crippen LogP contribution in [0.2, 0.25) is 0 Å². The van der Waals surface area contributed by atoms with Gasteiger partial charge in [0.25, 0.3) is 0 Å². The first-order valence-electron chi connectivity index (χ1n) is 6.91. The first-order valence-corrected chi connectivity index (χ1v) is 6.91. The molecule has 0 saturated carbocycles. The Bertz CT molecular complexity index is 388. The summed E-state index contributed by atoms with van der Waals surface area (Å²) in [5, 5.41) is 3.43. The predicted octanol–water partition coefficient (Wildman–Crippen LogP) is 2.40. The van der Waals surface area contributed by atoms with Crippen molar-refractivity contribution in [3.05, 3.63) is 35.9 Å². The molecule has 0 bridgehead atoms. The van der Waals surface area contributed by atoms with Gasteiger partial charge in [-0.3, -0.25) is 0 Å². The molecule has 1 aromatic rings. The van der Waals surface area contributed by atoms with Gasteiger partial charge in [0.2, 0.25) is 0 Å². The lowest BCUT2D eigenvalue weighted by molar-refractivity contribution is 0.1000. The van der Waals surface area contributed by atoms with E-state index in [9.17, 15) is 4.79 Å². The van der Waals surface area contributed by atoms with Crippen molar-refractivity contribution in [2.45, 2.75) is 31.9 Å². The van der Waals surface area contributed by atoms with Crippen LogP contribution in [0, 0.1) is 0 Å². The van der Waals surface area contributed by atoms with Crippen LogP contribution in [-0.2, 0) is 11.3 Å². The Morgan fingerprint density at radius 1 is 1.37 bits per heavy atom. The standard InChI is InChI=1S/C15H22N2O2/c1-17(11-14-9-5-6-10-16-14)15(18)19-12-13-7-3-2-4-8-13/h2-4,7-8,14,16H,5-6,9-12H2,1H3/t14-/m0/s1. The number of hydrogen-bond donors (Lipinski definition) is 1. The second-order valence-corrected chi connectivity index (χ2v) is 5.07. The molecule has 4 heteroatoms. The molecule has 19 heavy (non-hydrogen) atoms. The van der Waals surface area contributed by atoms with E-state index in [1.165, 1.54) is 12.8 Å². The average Bonchev–Trinajstić information content (AvgIpc) is 2.47. The first kappa shape index (κ1) is 13.9. The number of ether oxygens (including phenoxy) is 1. The Morgan fingerprint density at radius 3 is 2.84 bits per heavy atom. The fourth-order valence-corrected chi connectivity index (χ4v) is 2.31. The minimum atomic E-state index is -0.253.